The fourth-order valence-electron chi connectivity index (χ4n) is 2.14. The standard InChI is InChI=1S/C12H17N3O3/c1-3-15(12-13-4-8(2)5-14-12)10-7-18-6-9(10)11(16)17/h4-5,9-10H,3,6-7H2,1-2H3,(H,16,17). The summed E-state index contributed by atoms with van der Waals surface area (Å²) in [6.45, 7) is 5.19. The number of aromatic nitrogens is 2. The Kier molecular flexibility index (Phi) is 3.76. The highest BCUT2D eigenvalue weighted by molar-refractivity contribution is 5.72. The van der Waals surface area contributed by atoms with Gasteiger partial charge in [0.15, 0.2) is 0 Å². The Labute approximate surface area is 106 Å². The molecular formula is C12H17N3O3. The average molecular weight is 251 g/mol. The van der Waals surface area contributed by atoms with E-state index in [0.717, 1.165) is 5.56 Å². The molecule has 18 heavy (non-hydrogen) atoms. The summed E-state index contributed by atoms with van der Waals surface area (Å²) in [4.78, 5) is 21.6. The van der Waals surface area contributed by atoms with Crippen LogP contribution >= 0.6 is 0 Å². The summed E-state index contributed by atoms with van der Waals surface area (Å²) in [6, 6.07) is -0.199. The molecule has 0 amide bonds. The van der Waals surface area contributed by atoms with Crippen LogP contribution in [0.15, 0.2) is 12.4 Å². The van der Waals surface area contributed by atoms with Crippen LogP contribution in [0.1, 0.15) is 12.5 Å². The molecule has 2 rings (SSSR count). The number of carboxylic acid groups (broad SMARTS) is 1. The van der Waals surface area contributed by atoms with E-state index in [1.54, 1.807) is 12.4 Å². The van der Waals surface area contributed by atoms with Crippen molar-refractivity contribution in [2.45, 2.75) is 19.9 Å². The maximum atomic E-state index is 11.2. The quantitative estimate of drug-likeness (QED) is 0.849. The molecule has 0 saturated carbocycles. The first kappa shape index (κ1) is 12.8. The molecule has 0 aliphatic carbocycles. The van der Waals surface area contributed by atoms with Gasteiger partial charge < -0.3 is 14.7 Å². The van der Waals surface area contributed by atoms with Gasteiger partial charge in [0.25, 0.3) is 0 Å². The number of likely N-dealkylation sites (N-methyl/N-ethyl adjacent to an activating group) is 1. The van der Waals surface area contributed by atoms with Crippen molar-refractivity contribution in [1.82, 2.24) is 9.97 Å². The van der Waals surface area contributed by atoms with Gasteiger partial charge in [-0.15, -0.1) is 0 Å². The minimum atomic E-state index is -0.830. The van der Waals surface area contributed by atoms with Crippen LogP contribution in [-0.4, -0.2) is 46.8 Å². The number of hydrogen-bond acceptors (Lipinski definition) is 5. The Morgan fingerprint density at radius 1 is 1.50 bits per heavy atom. The third-order valence-corrected chi connectivity index (χ3v) is 3.13. The predicted molar refractivity (Wildman–Crippen MR) is 65.5 cm³/mol. The topological polar surface area (TPSA) is 75.5 Å². The van der Waals surface area contributed by atoms with Crippen LogP contribution in [0.4, 0.5) is 5.95 Å². The number of aryl methyl sites for hydroxylation is 1. The van der Waals surface area contributed by atoms with Crippen LogP contribution in [0, 0.1) is 12.8 Å². The maximum Gasteiger partial charge on any atom is 0.311 e. The van der Waals surface area contributed by atoms with Crippen molar-refractivity contribution in [3.63, 3.8) is 0 Å². The SMILES string of the molecule is CCN(c1ncc(C)cn1)C1COCC1C(=O)O. The summed E-state index contributed by atoms with van der Waals surface area (Å²) in [7, 11) is 0. The molecule has 6 heteroatoms. The van der Waals surface area contributed by atoms with Gasteiger partial charge in [0.05, 0.1) is 19.3 Å². The summed E-state index contributed by atoms with van der Waals surface area (Å²) in [5.74, 6) is -0.789. The van der Waals surface area contributed by atoms with Crippen molar-refractivity contribution in [2.24, 2.45) is 5.92 Å². The smallest absolute Gasteiger partial charge is 0.311 e. The molecule has 1 aromatic rings. The van der Waals surface area contributed by atoms with Crippen LogP contribution in [-0.2, 0) is 9.53 Å². The van der Waals surface area contributed by atoms with Crippen molar-refractivity contribution in [3.05, 3.63) is 18.0 Å². The van der Waals surface area contributed by atoms with Gasteiger partial charge in [-0.1, -0.05) is 0 Å². The summed E-state index contributed by atoms with van der Waals surface area (Å²) >= 11 is 0. The molecular weight excluding hydrogens is 234 g/mol. The van der Waals surface area contributed by atoms with E-state index >= 15 is 0 Å². The molecule has 1 fully saturated rings. The number of hydrogen-bond donors (Lipinski definition) is 1. The summed E-state index contributed by atoms with van der Waals surface area (Å²) < 4.78 is 5.28. The van der Waals surface area contributed by atoms with Gasteiger partial charge in [-0.25, -0.2) is 9.97 Å². The van der Waals surface area contributed by atoms with Crippen molar-refractivity contribution in [1.29, 1.82) is 0 Å². The van der Waals surface area contributed by atoms with E-state index in [0.29, 0.717) is 19.1 Å². The lowest BCUT2D eigenvalue weighted by Crippen LogP contribution is -2.44. The van der Waals surface area contributed by atoms with Crippen LogP contribution in [0.5, 0.6) is 0 Å². The van der Waals surface area contributed by atoms with Crippen LogP contribution in [0.25, 0.3) is 0 Å². The highest BCUT2D eigenvalue weighted by Crippen LogP contribution is 2.23. The largest absolute Gasteiger partial charge is 0.481 e. The summed E-state index contributed by atoms with van der Waals surface area (Å²) in [5, 5.41) is 9.17. The Bertz CT molecular complexity index is 421. The van der Waals surface area contributed by atoms with E-state index in [1.165, 1.54) is 0 Å². The Morgan fingerprint density at radius 2 is 2.17 bits per heavy atom. The molecule has 98 valence electrons. The van der Waals surface area contributed by atoms with E-state index in [2.05, 4.69) is 9.97 Å². The number of aliphatic carboxylic acids is 1. The first-order valence-corrected chi connectivity index (χ1v) is 5.99. The number of anilines is 1. The number of nitrogens with zero attached hydrogens (tertiary/aromatic N) is 3. The normalized spacial score (nSPS) is 23.0. The van der Waals surface area contributed by atoms with Crippen molar-refractivity contribution < 1.29 is 14.6 Å². The van der Waals surface area contributed by atoms with Crippen LogP contribution < -0.4 is 4.90 Å². The van der Waals surface area contributed by atoms with Crippen LogP contribution in [0.2, 0.25) is 0 Å². The molecule has 0 spiro atoms. The van der Waals surface area contributed by atoms with E-state index < -0.39 is 11.9 Å². The highest BCUT2D eigenvalue weighted by atomic mass is 16.5. The molecule has 6 nitrogen and oxygen atoms in total. The Balaban J connectivity index is 2.22. The van der Waals surface area contributed by atoms with Gasteiger partial charge in [0.1, 0.15) is 5.92 Å². The molecule has 1 aromatic heterocycles. The fraction of sp³-hybridized carbons (Fsp3) is 0.583. The molecule has 0 bridgehead atoms. The summed E-state index contributed by atoms with van der Waals surface area (Å²) in [6.07, 6.45) is 3.47. The molecule has 1 aliphatic rings. The van der Waals surface area contributed by atoms with E-state index in [4.69, 9.17) is 4.74 Å². The van der Waals surface area contributed by atoms with Gasteiger partial charge in [0.2, 0.25) is 5.95 Å². The molecule has 1 saturated heterocycles. The zero-order chi connectivity index (χ0) is 13.1. The first-order chi connectivity index (χ1) is 8.63. The second-order valence-corrected chi connectivity index (χ2v) is 4.40. The third-order valence-electron chi connectivity index (χ3n) is 3.13. The molecule has 1 aliphatic heterocycles. The molecule has 2 atom stereocenters. The molecule has 0 aromatic carbocycles. The average Bonchev–Trinajstić information content (AvgIpc) is 2.82. The highest BCUT2D eigenvalue weighted by Gasteiger charge is 2.38. The molecule has 2 unspecified atom stereocenters. The zero-order valence-electron chi connectivity index (χ0n) is 10.5. The lowest BCUT2D eigenvalue weighted by Gasteiger charge is -2.29. The van der Waals surface area contributed by atoms with Crippen molar-refractivity contribution in [3.8, 4) is 0 Å². The minimum Gasteiger partial charge on any atom is -0.481 e. The van der Waals surface area contributed by atoms with Gasteiger partial charge >= 0.3 is 5.97 Å². The van der Waals surface area contributed by atoms with E-state index in [1.807, 2.05) is 18.7 Å². The van der Waals surface area contributed by atoms with Gasteiger partial charge in [0, 0.05) is 18.9 Å². The Hall–Kier alpha value is -1.69. The zero-order valence-corrected chi connectivity index (χ0v) is 10.5. The Morgan fingerprint density at radius 3 is 2.72 bits per heavy atom. The monoisotopic (exact) mass is 251 g/mol. The molecule has 0 radical (unpaired) electrons. The molecule has 1 N–H and O–H groups in total. The number of ether oxygens (including phenoxy) is 1. The van der Waals surface area contributed by atoms with Crippen molar-refractivity contribution in [2.75, 3.05) is 24.7 Å². The van der Waals surface area contributed by atoms with Gasteiger partial charge in [-0.3, -0.25) is 4.79 Å². The van der Waals surface area contributed by atoms with Gasteiger partial charge in [-0.05, 0) is 19.4 Å². The van der Waals surface area contributed by atoms with E-state index in [-0.39, 0.29) is 12.6 Å². The lowest BCUT2D eigenvalue weighted by molar-refractivity contribution is -0.141. The molecule has 2 heterocycles. The first-order valence-electron chi connectivity index (χ1n) is 5.99. The lowest BCUT2D eigenvalue weighted by atomic mass is 10.0. The summed E-state index contributed by atoms with van der Waals surface area (Å²) in [5.41, 5.74) is 0.979. The number of rotatable bonds is 4. The second-order valence-electron chi connectivity index (χ2n) is 4.40. The van der Waals surface area contributed by atoms with E-state index in [9.17, 15) is 9.90 Å². The predicted octanol–water partition coefficient (Wildman–Crippen LogP) is 0.711. The van der Waals surface area contributed by atoms with Crippen molar-refractivity contribution >= 4 is 11.9 Å². The number of carbonyl (C=O) groups is 1. The third kappa shape index (κ3) is 2.43. The second kappa shape index (κ2) is 5.30. The van der Waals surface area contributed by atoms with Crippen LogP contribution in [0.3, 0.4) is 0 Å². The maximum absolute atomic E-state index is 11.2. The van der Waals surface area contributed by atoms with Gasteiger partial charge in [-0.2, -0.15) is 0 Å². The number of carboxylic acids is 1. The fourth-order valence-corrected chi connectivity index (χ4v) is 2.14. The minimum absolute atomic E-state index is 0.199.